The van der Waals surface area contributed by atoms with Crippen molar-refractivity contribution in [1.29, 1.82) is 0 Å². The van der Waals surface area contributed by atoms with Crippen molar-refractivity contribution in [1.82, 2.24) is 9.62 Å². The summed E-state index contributed by atoms with van der Waals surface area (Å²) in [5.41, 5.74) is 0.476. The van der Waals surface area contributed by atoms with Gasteiger partial charge in [0, 0.05) is 38.4 Å². The molecule has 1 aliphatic rings. The number of primary sulfonamides is 1. The fourth-order valence-corrected chi connectivity index (χ4v) is 6.79. The zero-order chi connectivity index (χ0) is 17.3. The molecule has 0 fully saturated rings. The molecule has 12 heteroatoms. The summed E-state index contributed by atoms with van der Waals surface area (Å²) >= 11 is 0.708. The Labute approximate surface area is 152 Å². The summed E-state index contributed by atoms with van der Waals surface area (Å²) in [7, 11) is -6.10. The van der Waals surface area contributed by atoms with E-state index in [0.717, 1.165) is 0 Å². The lowest BCUT2D eigenvalue weighted by Gasteiger charge is -2.32. The van der Waals surface area contributed by atoms with E-state index in [4.69, 9.17) is 9.88 Å². The molecule has 0 aromatic carbocycles. The highest BCUT2D eigenvalue weighted by Gasteiger charge is 2.39. The molecule has 0 amide bonds. The number of halogens is 1. The smallest absolute Gasteiger partial charge is 0.252 e. The second-order valence-corrected chi connectivity index (χ2v) is 10.1. The Bertz CT molecular complexity index is 763. The van der Waals surface area contributed by atoms with Gasteiger partial charge in [0.2, 0.25) is 10.0 Å². The topological polar surface area (TPSA) is 119 Å². The third-order valence-electron chi connectivity index (χ3n) is 3.53. The SMILES string of the molecule is CCN[C@H]1CN(CCCOC)S(=O)(=O)c2sc(S(N)(=O)=O)cc21.Cl. The number of nitrogens with two attached hydrogens (primary N) is 1. The minimum absolute atomic E-state index is 0. The van der Waals surface area contributed by atoms with Gasteiger partial charge in [-0.15, -0.1) is 23.7 Å². The molecule has 140 valence electrons. The number of hydrogen-bond acceptors (Lipinski definition) is 7. The quantitative estimate of drug-likeness (QED) is 0.621. The Balaban J connectivity index is 0.00000288. The molecule has 0 saturated heterocycles. The number of nitrogens with zero attached hydrogens (tertiary/aromatic N) is 1. The molecule has 8 nitrogen and oxygen atoms in total. The molecular weight excluding hydrogens is 398 g/mol. The van der Waals surface area contributed by atoms with E-state index in [-0.39, 0.29) is 33.4 Å². The summed E-state index contributed by atoms with van der Waals surface area (Å²) in [6, 6.07) is 1.11. The number of nitrogens with one attached hydrogen (secondary N) is 1. The van der Waals surface area contributed by atoms with Crippen molar-refractivity contribution in [3.63, 3.8) is 0 Å². The predicted octanol–water partition coefficient (Wildman–Crippen LogP) is 0.509. The standard InChI is InChI=1S/C12H21N3O5S3.ClH/c1-3-14-10-8-15(5-4-6-20-2)23(18,19)12-9(10)7-11(21-12)22(13,16)17;/h7,10,14H,3-6,8H2,1-2H3,(H2,13,16,17);1H/t10-;/m0./s1. The van der Waals surface area contributed by atoms with E-state index in [1.165, 1.54) is 10.4 Å². The molecular formula is C12H22ClN3O5S3. The minimum Gasteiger partial charge on any atom is -0.385 e. The molecule has 1 aromatic heterocycles. The molecule has 0 unspecified atom stereocenters. The van der Waals surface area contributed by atoms with Gasteiger partial charge in [-0.25, -0.2) is 22.0 Å². The lowest BCUT2D eigenvalue weighted by Crippen LogP contribution is -2.43. The van der Waals surface area contributed by atoms with Crippen LogP contribution in [0, 0.1) is 0 Å². The van der Waals surface area contributed by atoms with Gasteiger partial charge in [0.05, 0.1) is 0 Å². The summed E-state index contributed by atoms with van der Waals surface area (Å²) in [6.45, 7) is 3.58. The number of thiophene rings is 1. The van der Waals surface area contributed by atoms with Crippen LogP contribution in [0.2, 0.25) is 0 Å². The maximum Gasteiger partial charge on any atom is 0.252 e. The number of hydrogen-bond donors (Lipinski definition) is 2. The molecule has 1 aliphatic heterocycles. The monoisotopic (exact) mass is 419 g/mol. The van der Waals surface area contributed by atoms with Crippen LogP contribution in [-0.2, 0) is 24.8 Å². The van der Waals surface area contributed by atoms with Crippen LogP contribution in [0.15, 0.2) is 14.5 Å². The normalized spacial score (nSPS) is 20.4. The highest BCUT2D eigenvalue weighted by Crippen LogP contribution is 2.39. The predicted molar refractivity (Wildman–Crippen MR) is 94.6 cm³/mol. The molecule has 0 bridgehead atoms. The molecule has 0 aliphatic carbocycles. The van der Waals surface area contributed by atoms with Crippen LogP contribution in [0.5, 0.6) is 0 Å². The third kappa shape index (κ3) is 4.47. The van der Waals surface area contributed by atoms with Crippen LogP contribution in [0.25, 0.3) is 0 Å². The zero-order valence-corrected chi connectivity index (χ0v) is 16.7. The van der Waals surface area contributed by atoms with E-state index >= 15 is 0 Å². The molecule has 0 radical (unpaired) electrons. The largest absolute Gasteiger partial charge is 0.385 e. The first-order valence-corrected chi connectivity index (χ1v) is 10.9. The number of ether oxygens (including phenoxy) is 1. The summed E-state index contributed by atoms with van der Waals surface area (Å²) in [4.78, 5) is 0. The Morgan fingerprint density at radius 2 is 2.17 bits per heavy atom. The van der Waals surface area contributed by atoms with Crippen LogP contribution < -0.4 is 10.5 Å². The Morgan fingerprint density at radius 1 is 1.50 bits per heavy atom. The number of methoxy groups -OCH3 is 1. The average Bonchev–Trinajstić information content (AvgIpc) is 2.90. The molecule has 2 heterocycles. The Kier molecular flexibility index (Phi) is 7.63. The summed E-state index contributed by atoms with van der Waals surface area (Å²) in [6.07, 6.45) is 0.567. The van der Waals surface area contributed by atoms with Crippen molar-refractivity contribution in [3.8, 4) is 0 Å². The van der Waals surface area contributed by atoms with E-state index < -0.39 is 20.0 Å². The summed E-state index contributed by atoms with van der Waals surface area (Å²) in [5, 5.41) is 8.34. The molecule has 1 aromatic rings. The van der Waals surface area contributed by atoms with Gasteiger partial charge in [0.15, 0.2) is 0 Å². The van der Waals surface area contributed by atoms with Crippen molar-refractivity contribution >= 4 is 43.8 Å². The maximum atomic E-state index is 12.7. The van der Waals surface area contributed by atoms with Crippen LogP contribution in [0.4, 0.5) is 0 Å². The molecule has 2 rings (SSSR count). The first-order valence-electron chi connectivity index (χ1n) is 7.10. The maximum absolute atomic E-state index is 12.7. The van der Waals surface area contributed by atoms with Crippen LogP contribution in [0.3, 0.4) is 0 Å². The summed E-state index contributed by atoms with van der Waals surface area (Å²) in [5.74, 6) is 0. The highest BCUT2D eigenvalue weighted by atomic mass is 35.5. The van der Waals surface area contributed by atoms with Crippen molar-refractivity contribution in [3.05, 3.63) is 11.6 Å². The van der Waals surface area contributed by atoms with Gasteiger partial charge < -0.3 is 10.1 Å². The van der Waals surface area contributed by atoms with E-state index in [1.54, 1.807) is 7.11 Å². The van der Waals surface area contributed by atoms with Gasteiger partial charge in [0.1, 0.15) is 8.42 Å². The average molecular weight is 420 g/mol. The molecule has 3 N–H and O–H groups in total. The van der Waals surface area contributed by atoms with E-state index in [2.05, 4.69) is 5.32 Å². The van der Waals surface area contributed by atoms with E-state index in [9.17, 15) is 16.8 Å². The number of likely N-dealkylation sites (N-methyl/N-ethyl adjacent to an activating group) is 1. The van der Waals surface area contributed by atoms with Crippen LogP contribution in [0.1, 0.15) is 24.9 Å². The molecule has 0 spiro atoms. The molecule has 24 heavy (non-hydrogen) atoms. The van der Waals surface area contributed by atoms with Crippen molar-refractivity contribution < 1.29 is 21.6 Å². The van der Waals surface area contributed by atoms with Gasteiger partial charge in [-0.2, -0.15) is 4.31 Å². The van der Waals surface area contributed by atoms with E-state index in [0.29, 0.717) is 43.0 Å². The first kappa shape index (κ1) is 21.8. The number of sulfonamides is 2. The van der Waals surface area contributed by atoms with Crippen molar-refractivity contribution in [2.24, 2.45) is 5.14 Å². The van der Waals surface area contributed by atoms with Gasteiger partial charge in [-0.1, -0.05) is 6.92 Å². The molecule has 0 saturated carbocycles. The minimum atomic E-state index is -3.94. The third-order valence-corrected chi connectivity index (χ3v) is 8.49. The lowest BCUT2D eigenvalue weighted by atomic mass is 10.1. The number of rotatable bonds is 7. The second kappa shape index (κ2) is 8.41. The Hall–Kier alpha value is -0.270. The van der Waals surface area contributed by atoms with E-state index in [1.807, 2.05) is 6.92 Å². The summed E-state index contributed by atoms with van der Waals surface area (Å²) < 4.78 is 54.8. The van der Waals surface area contributed by atoms with Gasteiger partial charge in [-0.3, -0.25) is 0 Å². The van der Waals surface area contributed by atoms with Gasteiger partial charge in [0.25, 0.3) is 10.0 Å². The molecule has 1 atom stereocenters. The first-order chi connectivity index (χ1) is 10.7. The van der Waals surface area contributed by atoms with Gasteiger partial charge >= 0.3 is 0 Å². The van der Waals surface area contributed by atoms with Crippen molar-refractivity contribution in [2.45, 2.75) is 27.8 Å². The van der Waals surface area contributed by atoms with Crippen LogP contribution in [-0.4, -0.2) is 54.5 Å². The number of fused-ring (bicyclic) bond motifs is 1. The van der Waals surface area contributed by atoms with Crippen molar-refractivity contribution in [2.75, 3.05) is 33.4 Å². The fraction of sp³-hybridized carbons (Fsp3) is 0.667. The van der Waals surface area contributed by atoms with Crippen LogP contribution >= 0.6 is 23.7 Å². The Morgan fingerprint density at radius 3 is 2.71 bits per heavy atom. The lowest BCUT2D eigenvalue weighted by molar-refractivity contribution is 0.185. The zero-order valence-electron chi connectivity index (χ0n) is 13.4. The second-order valence-electron chi connectivity index (χ2n) is 5.17. The highest BCUT2D eigenvalue weighted by molar-refractivity contribution is 7.94. The van der Waals surface area contributed by atoms with Gasteiger partial charge in [-0.05, 0) is 19.0 Å². The fourth-order valence-electron chi connectivity index (χ4n) is 2.49.